The summed E-state index contributed by atoms with van der Waals surface area (Å²) in [6, 6.07) is 13.9. The zero-order valence-electron chi connectivity index (χ0n) is 15.8. The Hall–Kier alpha value is -2.36. The van der Waals surface area contributed by atoms with Gasteiger partial charge in [0.05, 0.1) is 12.0 Å². The lowest BCUT2D eigenvalue weighted by Crippen LogP contribution is -2.50. The van der Waals surface area contributed by atoms with Gasteiger partial charge in [0.2, 0.25) is 10.0 Å². The molecule has 0 spiro atoms. The molecule has 4 rings (SSSR count). The van der Waals surface area contributed by atoms with Gasteiger partial charge >= 0.3 is 0 Å². The van der Waals surface area contributed by atoms with Gasteiger partial charge in [-0.05, 0) is 42.5 Å². The van der Waals surface area contributed by atoms with Gasteiger partial charge in [-0.1, -0.05) is 22.0 Å². The molecule has 1 N–H and O–H groups in total. The third kappa shape index (κ3) is 3.90. The first-order valence-corrected chi connectivity index (χ1v) is 11.3. The Kier molecular flexibility index (Phi) is 5.37. The molecule has 9 heteroatoms. The molecule has 3 aromatic rings. The number of halogens is 1. The van der Waals surface area contributed by atoms with Crippen LogP contribution in [-0.2, 0) is 10.0 Å². The Balaban J connectivity index is 1.45. The van der Waals surface area contributed by atoms with Crippen LogP contribution in [-0.4, -0.2) is 61.8 Å². The fourth-order valence-electron chi connectivity index (χ4n) is 3.41. The molecule has 1 fully saturated rings. The number of nitrogens with one attached hydrogen (secondary N) is 1. The number of aromatic amines is 1. The van der Waals surface area contributed by atoms with Crippen molar-refractivity contribution in [3.8, 4) is 5.75 Å². The number of nitrogens with zero attached hydrogens (tertiary/aromatic N) is 2. The Bertz CT molecular complexity index is 1150. The van der Waals surface area contributed by atoms with E-state index in [1.807, 2.05) is 24.3 Å². The number of H-pyrrole nitrogens is 1. The lowest BCUT2D eigenvalue weighted by atomic mass is 10.2. The van der Waals surface area contributed by atoms with Crippen LogP contribution in [0.25, 0.3) is 10.9 Å². The smallest absolute Gasteiger partial charge is 0.270 e. The predicted octanol–water partition coefficient (Wildman–Crippen LogP) is 3.09. The first-order chi connectivity index (χ1) is 13.9. The van der Waals surface area contributed by atoms with E-state index >= 15 is 0 Å². The largest absolute Gasteiger partial charge is 0.497 e. The Morgan fingerprint density at radius 1 is 1.03 bits per heavy atom. The fraction of sp³-hybridized carbons (Fsp3) is 0.250. The van der Waals surface area contributed by atoms with Gasteiger partial charge < -0.3 is 14.6 Å². The lowest BCUT2D eigenvalue weighted by molar-refractivity contribution is 0.0693. The van der Waals surface area contributed by atoms with Gasteiger partial charge in [-0.3, -0.25) is 4.79 Å². The van der Waals surface area contributed by atoms with Crippen LogP contribution in [0, 0.1) is 0 Å². The first kappa shape index (κ1) is 19.9. The maximum Gasteiger partial charge on any atom is 0.270 e. The van der Waals surface area contributed by atoms with E-state index in [-0.39, 0.29) is 23.9 Å². The number of piperazine rings is 1. The number of amides is 1. The minimum Gasteiger partial charge on any atom is -0.497 e. The maximum absolute atomic E-state index is 12.9. The molecule has 0 radical (unpaired) electrons. The van der Waals surface area contributed by atoms with Crippen molar-refractivity contribution in [3.05, 3.63) is 58.7 Å². The topological polar surface area (TPSA) is 82.7 Å². The maximum atomic E-state index is 12.9. The molecule has 1 saturated heterocycles. The number of hydrogen-bond acceptors (Lipinski definition) is 4. The average molecular weight is 478 g/mol. The number of carbonyl (C=O) groups excluding carboxylic acids is 1. The summed E-state index contributed by atoms with van der Waals surface area (Å²) in [5.74, 6) is 0.476. The van der Waals surface area contributed by atoms with Crippen LogP contribution in [0.4, 0.5) is 0 Å². The summed E-state index contributed by atoms with van der Waals surface area (Å²) < 4.78 is 33.1. The SMILES string of the molecule is COc1ccc(S(=O)(=O)N2CCN(C(=O)c3cc4ccc(Br)cc4[nH]3)CC2)cc1. The van der Waals surface area contributed by atoms with Gasteiger partial charge in [0.15, 0.2) is 0 Å². The van der Waals surface area contributed by atoms with E-state index in [0.29, 0.717) is 24.5 Å². The van der Waals surface area contributed by atoms with E-state index in [4.69, 9.17) is 4.74 Å². The Morgan fingerprint density at radius 2 is 1.72 bits per heavy atom. The number of benzene rings is 2. The van der Waals surface area contributed by atoms with Gasteiger partial charge in [0, 0.05) is 41.6 Å². The highest BCUT2D eigenvalue weighted by Crippen LogP contribution is 2.23. The highest BCUT2D eigenvalue weighted by molar-refractivity contribution is 9.10. The van der Waals surface area contributed by atoms with Crippen molar-refractivity contribution in [1.82, 2.24) is 14.2 Å². The van der Waals surface area contributed by atoms with E-state index in [1.165, 1.54) is 23.5 Å². The molecule has 0 saturated carbocycles. The van der Waals surface area contributed by atoms with Crippen LogP contribution in [0.5, 0.6) is 5.75 Å². The summed E-state index contributed by atoms with van der Waals surface area (Å²) in [4.78, 5) is 17.9. The van der Waals surface area contributed by atoms with Crippen LogP contribution in [0.15, 0.2) is 57.9 Å². The normalized spacial score (nSPS) is 15.6. The van der Waals surface area contributed by atoms with Crippen molar-refractivity contribution in [2.24, 2.45) is 0 Å². The summed E-state index contributed by atoms with van der Waals surface area (Å²) in [6.45, 7) is 1.19. The molecule has 2 heterocycles. The average Bonchev–Trinajstić information content (AvgIpc) is 3.16. The van der Waals surface area contributed by atoms with Crippen molar-refractivity contribution in [2.45, 2.75) is 4.90 Å². The molecule has 0 bridgehead atoms. The molecular formula is C20H20BrN3O4S. The standard InChI is InChI=1S/C20H20BrN3O4S/c1-28-16-4-6-17(7-5-16)29(26,27)24-10-8-23(9-11-24)20(25)19-12-14-2-3-15(21)13-18(14)22-19/h2-7,12-13,22H,8-11H2,1H3. The van der Waals surface area contributed by atoms with Gasteiger partial charge in [-0.25, -0.2) is 8.42 Å². The molecule has 29 heavy (non-hydrogen) atoms. The third-order valence-corrected chi connectivity index (χ3v) is 7.44. The summed E-state index contributed by atoms with van der Waals surface area (Å²) >= 11 is 3.42. The quantitative estimate of drug-likeness (QED) is 0.625. The van der Waals surface area contributed by atoms with Crippen LogP contribution >= 0.6 is 15.9 Å². The number of hydrogen-bond donors (Lipinski definition) is 1. The van der Waals surface area contributed by atoms with E-state index in [9.17, 15) is 13.2 Å². The van der Waals surface area contributed by atoms with Crippen LogP contribution in [0.2, 0.25) is 0 Å². The molecule has 2 aromatic carbocycles. The Labute approximate surface area is 177 Å². The molecule has 0 unspecified atom stereocenters. The van der Waals surface area contributed by atoms with Gasteiger partial charge in [-0.2, -0.15) is 4.31 Å². The van der Waals surface area contributed by atoms with Gasteiger partial charge in [0.1, 0.15) is 11.4 Å². The highest BCUT2D eigenvalue weighted by Gasteiger charge is 2.30. The van der Waals surface area contributed by atoms with Gasteiger partial charge in [-0.15, -0.1) is 0 Å². The highest BCUT2D eigenvalue weighted by atomic mass is 79.9. The molecule has 1 amide bonds. The second kappa shape index (κ2) is 7.81. The van der Waals surface area contributed by atoms with E-state index in [2.05, 4.69) is 20.9 Å². The number of ether oxygens (including phenoxy) is 1. The van der Waals surface area contributed by atoms with E-state index < -0.39 is 10.0 Å². The minimum absolute atomic E-state index is 0.126. The molecule has 1 aliphatic heterocycles. The molecule has 1 aliphatic rings. The monoisotopic (exact) mass is 477 g/mol. The molecule has 0 atom stereocenters. The van der Waals surface area contributed by atoms with Crippen LogP contribution in [0.1, 0.15) is 10.5 Å². The van der Waals surface area contributed by atoms with E-state index in [0.717, 1.165) is 15.4 Å². The number of carbonyl (C=O) groups is 1. The number of methoxy groups -OCH3 is 1. The number of fused-ring (bicyclic) bond motifs is 1. The molecule has 7 nitrogen and oxygen atoms in total. The minimum atomic E-state index is -3.60. The summed E-state index contributed by atoms with van der Waals surface area (Å²) in [5.41, 5.74) is 1.38. The second-order valence-electron chi connectivity index (χ2n) is 6.79. The second-order valence-corrected chi connectivity index (χ2v) is 9.64. The van der Waals surface area contributed by atoms with Crippen LogP contribution in [0.3, 0.4) is 0 Å². The van der Waals surface area contributed by atoms with Crippen molar-refractivity contribution >= 4 is 42.8 Å². The summed E-state index contributed by atoms with van der Waals surface area (Å²) in [6.07, 6.45) is 0. The molecular weight excluding hydrogens is 458 g/mol. The zero-order valence-corrected chi connectivity index (χ0v) is 18.2. The van der Waals surface area contributed by atoms with Crippen molar-refractivity contribution < 1.29 is 17.9 Å². The van der Waals surface area contributed by atoms with Gasteiger partial charge in [0.25, 0.3) is 5.91 Å². The predicted molar refractivity (Wildman–Crippen MR) is 114 cm³/mol. The fourth-order valence-corrected chi connectivity index (χ4v) is 5.20. The molecule has 152 valence electrons. The first-order valence-electron chi connectivity index (χ1n) is 9.10. The summed E-state index contributed by atoms with van der Waals surface area (Å²) in [5, 5.41) is 0.956. The van der Waals surface area contributed by atoms with Crippen LogP contribution < -0.4 is 4.74 Å². The van der Waals surface area contributed by atoms with Crippen molar-refractivity contribution in [1.29, 1.82) is 0 Å². The number of aromatic nitrogens is 1. The number of sulfonamides is 1. The van der Waals surface area contributed by atoms with E-state index in [1.54, 1.807) is 17.0 Å². The third-order valence-electron chi connectivity index (χ3n) is 5.04. The Morgan fingerprint density at radius 3 is 2.38 bits per heavy atom. The lowest BCUT2D eigenvalue weighted by Gasteiger charge is -2.33. The molecule has 1 aromatic heterocycles. The summed E-state index contributed by atoms with van der Waals surface area (Å²) in [7, 11) is -2.07. The zero-order chi connectivity index (χ0) is 20.6. The van der Waals surface area contributed by atoms with Crippen molar-refractivity contribution in [3.63, 3.8) is 0 Å². The number of rotatable bonds is 4. The molecule has 0 aliphatic carbocycles. The van der Waals surface area contributed by atoms with Crippen molar-refractivity contribution in [2.75, 3.05) is 33.3 Å².